The zero-order valence-corrected chi connectivity index (χ0v) is 16.5. The number of carbonyl (C=O) groups excluding carboxylic acids is 1. The second kappa shape index (κ2) is 8.59. The van der Waals surface area contributed by atoms with Gasteiger partial charge in [0.2, 0.25) is 11.8 Å². The van der Waals surface area contributed by atoms with Crippen molar-refractivity contribution in [2.45, 2.75) is 26.3 Å². The molecule has 2 aromatic rings. The highest BCUT2D eigenvalue weighted by atomic mass is 19.1. The summed E-state index contributed by atoms with van der Waals surface area (Å²) in [6.45, 7) is 6.38. The SMILES string of the molecule is Cc1oc(-c2ccc(F)cc2F)nc1CN1CCC[C@@H](C(=O)N2CCOCC2)C1. The monoisotopic (exact) mass is 405 g/mol. The number of hydrogen-bond donors (Lipinski definition) is 0. The summed E-state index contributed by atoms with van der Waals surface area (Å²) >= 11 is 0. The molecule has 29 heavy (non-hydrogen) atoms. The van der Waals surface area contributed by atoms with Gasteiger partial charge in [0, 0.05) is 32.2 Å². The molecule has 156 valence electrons. The number of aryl methyl sites for hydroxylation is 1. The molecule has 1 atom stereocenters. The molecule has 4 rings (SSSR count). The molecule has 0 unspecified atom stereocenters. The number of aromatic nitrogens is 1. The lowest BCUT2D eigenvalue weighted by atomic mass is 9.96. The summed E-state index contributed by atoms with van der Waals surface area (Å²) in [5.41, 5.74) is 0.850. The molecule has 1 aromatic heterocycles. The Morgan fingerprint density at radius 1 is 1.24 bits per heavy atom. The molecule has 1 aromatic carbocycles. The van der Waals surface area contributed by atoms with Crippen molar-refractivity contribution in [2.24, 2.45) is 5.92 Å². The molecule has 2 aliphatic heterocycles. The molecule has 0 radical (unpaired) electrons. The predicted octanol–water partition coefficient (Wildman–Crippen LogP) is 3.00. The maximum Gasteiger partial charge on any atom is 0.229 e. The zero-order valence-electron chi connectivity index (χ0n) is 16.5. The van der Waals surface area contributed by atoms with Crippen molar-refractivity contribution in [1.29, 1.82) is 0 Å². The summed E-state index contributed by atoms with van der Waals surface area (Å²) in [6.07, 6.45) is 1.83. The maximum absolute atomic E-state index is 14.1. The number of amides is 1. The van der Waals surface area contributed by atoms with Gasteiger partial charge in [-0.3, -0.25) is 9.69 Å². The van der Waals surface area contributed by atoms with Gasteiger partial charge in [0.25, 0.3) is 0 Å². The highest BCUT2D eigenvalue weighted by Crippen LogP contribution is 2.27. The van der Waals surface area contributed by atoms with E-state index in [1.807, 2.05) is 4.90 Å². The molecule has 2 fully saturated rings. The molecule has 0 spiro atoms. The summed E-state index contributed by atoms with van der Waals surface area (Å²) in [5, 5.41) is 0. The van der Waals surface area contributed by atoms with Crippen LogP contribution in [0.4, 0.5) is 8.78 Å². The first-order valence-electron chi connectivity index (χ1n) is 10.0. The lowest BCUT2D eigenvalue weighted by Crippen LogP contribution is -2.48. The van der Waals surface area contributed by atoms with Gasteiger partial charge in [-0.1, -0.05) is 0 Å². The van der Waals surface area contributed by atoms with Crippen LogP contribution < -0.4 is 0 Å². The third-order valence-corrected chi connectivity index (χ3v) is 5.61. The van der Waals surface area contributed by atoms with E-state index in [1.165, 1.54) is 12.1 Å². The normalized spacial score (nSPS) is 20.8. The number of ether oxygens (including phenoxy) is 1. The highest BCUT2D eigenvalue weighted by molar-refractivity contribution is 5.79. The van der Waals surface area contributed by atoms with Gasteiger partial charge in [-0.25, -0.2) is 13.8 Å². The lowest BCUT2D eigenvalue weighted by molar-refractivity contribution is -0.141. The number of piperidine rings is 1. The third-order valence-electron chi connectivity index (χ3n) is 5.61. The Morgan fingerprint density at radius 2 is 2.03 bits per heavy atom. The van der Waals surface area contributed by atoms with E-state index in [0.717, 1.165) is 25.5 Å². The van der Waals surface area contributed by atoms with E-state index >= 15 is 0 Å². The Labute approximate surface area is 168 Å². The number of rotatable bonds is 4. The van der Waals surface area contributed by atoms with Gasteiger partial charge in [0.1, 0.15) is 17.4 Å². The van der Waals surface area contributed by atoms with Gasteiger partial charge in [0.15, 0.2) is 0 Å². The first-order valence-corrected chi connectivity index (χ1v) is 10.0. The van der Waals surface area contributed by atoms with Gasteiger partial charge < -0.3 is 14.1 Å². The Bertz CT molecular complexity index is 880. The smallest absolute Gasteiger partial charge is 0.229 e. The van der Waals surface area contributed by atoms with E-state index < -0.39 is 11.6 Å². The second-order valence-corrected chi connectivity index (χ2v) is 7.66. The molecule has 0 N–H and O–H groups in total. The molecular formula is C21H25F2N3O3. The number of likely N-dealkylation sites (tertiary alicyclic amines) is 1. The van der Waals surface area contributed by atoms with Crippen molar-refractivity contribution in [3.63, 3.8) is 0 Å². The van der Waals surface area contributed by atoms with Crippen LogP contribution in [-0.2, 0) is 16.1 Å². The molecular weight excluding hydrogens is 380 g/mol. The first kappa shape index (κ1) is 20.0. The summed E-state index contributed by atoms with van der Waals surface area (Å²) in [4.78, 5) is 21.3. The fourth-order valence-corrected chi connectivity index (χ4v) is 4.01. The number of nitrogens with zero attached hydrogens (tertiary/aromatic N) is 3. The Morgan fingerprint density at radius 3 is 2.79 bits per heavy atom. The molecule has 3 heterocycles. The molecule has 2 aliphatic rings. The Kier molecular flexibility index (Phi) is 5.91. The van der Waals surface area contributed by atoms with Crippen molar-refractivity contribution >= 4 is 5.91 Å². The zero-order chi connectivity index (χ0) is 20.4. The fraction of sp³-hybridized carbons (Fsp3) is 0.524. The molecule has 1 amide bonds. The maximum atomic E-state index is 14.1. The van der Waals surface area contributed by atoms with E-state index in [4.69, 9.17) is 9.15 Å². The number of halogens is 2. The Hall–Kier alpha value is -2.32. The van der Waals surface area contributed by atoms with Gasteiger partial charge >= 0.3 is 0 Å². The van der Waals surface area contributed by atoms with Crippen LogP contribution in [0, 0.1) is 24.5 Å². The van der Waals surface area contributed by atoms with Crippen molar-refractivity contribution < 1.29 is 22.7 Å². The summed E-state index contributed by atoms with van der Waals surface area (Å²) in [5.74, 6) is -0.420. The van der Waals surface area contributed by atoms with E-state index in [1.54, 1.807) is 6.92 Å². The minimum Gasteiger partial charge on any atom is -0.441 e. The second-order valence-electron chi connectivity index (χ2n) is 7.66. The summed E-state index contributed by atoms with van der Waals surface area (Å²) in [6, 6.07) is 3.34. The average Bonchev–Trinajstić information content (AvgIpc) is 3.08. The van der Waals surface area contributed by atoms with Crippen LogP contribution in [0.2, 0.25) is 0 Å². The largest absolute Gasteiger partial charge is 0.441 e. The van der Waals surface area contributed by atoms with Crippen molar-refractivity contribution in [3.8, 4) is 11.5 Å². The number of carbonyl (C=O) groups is 1. The van der Waals surface area contributed by atoms with Crippen LogP contribution >= 0.6 is 0 Å². The van der Waals surface area contributed by atoms with Crippen molar-refractivity contribution in [3.05, 3.63) is 41.3 Å². The van der Waals surface area contributed by atoms with Gasteiger partial charge in [-0.15, -0.1) is 0 Å². The van der Waals surface area contributed by atoms with Gasteiger partial charge in [-0.2, -0.15) is 0 Å². The standard InChI is InChI=1S/C21H25F2N3O3/c1-14-19(24-20(29-14)17-5-4-16(22)11-18(17)23)13-25-6-2-3-15(12-25)21(27)26-7-9-28-10-8-26/h4-5,11,15H,2-3,6-10,12-13H2,1H3/t15-/m1/s1. The summed E-state index contributed by atoms with van der Waals surface area (Å²) in [7, 11) is 0. The van der Waals surface area contributed by atoms with E-state index in [-0.39, 0.29) is 23.3 Å². The Balaban J connectivity index is 1.43. The average molecular weight is 405 g/mol. The highest BCUT2D eigenvalue weighted by Gasteiger charge is 2.30. The van der Waals surface area contributed by atoms with E-state index in [9.17, 15) is 13.6 Å². The van der Waals surface area contributed by atoms with Crippen molar-refractivity contribution in [2.75, 3.05) is 39.4 Å². The topological polar surface area (TPSA) is 58.8 Å². The number of benzene rings is 1. The predicted molar refractivity (Wildman–Crippen MR) is 102 cm³/mol. The quantitative estimate of drug-likeness (QED) is 0.783. The fourth-order valence-electron chi connectivity index (χ4n) is 4.01. The van der Waals surface area contributed by atoms with Crippen LogP contribution in [0.1, 0.15) is 24.3 Å². The third kappa shape index (κ3) is 4.48. The molecule has 2 saturated heterocycles. The van der Waals surface area contributed by atoms with Crippen LogP contribution in [0.25, 0.3) is 11.5 Å². The minimum absolute atomic E-state index is 0.0249. The van der Waals surface area contributed by atoms with Crippen molar-refractivity contribution in [1.82, 2.24) is 14.8 Å². The molecule has 0 saturated carbocycles. The number of morpholine rings is 1. The lowest BCUT2D eigenvalue weighted by Gasteiger charge is -2.36. The van der Waals surface area contributed by atoms with Gasteiger partial charge in [0.05, 0.1) is 30.4 Å². The molecule has 0 aliphatic carbocycles. The van der Waals surface area contributed by atoms with E-state index in [2.05, 4.69) is 9.88 Å². The molecule has 8 heteroatoms. The molecule has 6 nitrogen and oxygen atoms in total. The van der Waals surface area contributed by atoms with Gasteiger partial charge in [-0.05, 0) is 38.4 Å². The minimum atomic E-state index is -0.702. The van der Waals surface area contributed by atoms with Crippen LogP contribution in [0.3, 0.4) is 0 Å². The first-order chi connectivity index (χ1) is 14.0. The van der Waals surface area contributed by atoms with Crippen LogP contribution in [0.15, 0.2) is 22.6 Å². The summed E-state index contributed by atoms with van der Waals surface area (Å²) < 4.78 is 38.2. The molecule has 0 bridgehead atoms. The van der Waals surface area contributed by atoms with Crippen LogP contribution in [0.5, 0.6) is 0 Å². The van der Waals surface area contributed by atoms with Crippen LogP contribution in [-0.4, -0.2) is 60.1 Å². The number of hydrogen-bond acceptors (Lipinski definition) is 5. The number of oxazole rings is 1. The van der Waals surface area contributed by atoms with E-state index in [0.29, 0.717) is 50.8 Å².